The number of nitrogens with zero attached hydrogens (tertiary/aromatic N) is 1. The van der Waals surface area contributed by atoms with Crippen LogP contribution in [0.2, 0.25) is 0 Å². The summed E-state index contributed by atoms with van der Waals surface area (Å²) in [6, 6.07) is 4.29. The smallest absolute Gasteiger partial charge is 0.231 e. The molecule has 0 spiro atoms. The summed E-state index contributed by atoms with van der Waals surface area (Å²) in [6.07, 6.45) is 2.37. The van der Waals surface area contributed by atoms with E-state index in [0.29, 0.717) is 6.79 Å². The summed E-state index contributed by atoms with van der Waals surface area (Å²) < 4.78 is 10.8. The van der Waals surface area contributed by atoms with E-state index >= 15 is 0 Å². The Balaban J connectivity index is 2.03. The molecule has 0 fully saturated rings. The molecule has 0 N–H and O–H groups in total. The van der Waals surface area contributed by atoms with Crippen molar-refractivity contribution in [1.29, 1.82) is 0 Å². The summed E-state index contributed by atoms with van der Waals surface area (Å²) in [4.78, 5) is 2.36. The third-order valence-corrected chi connectivity index (χ3v) is 3.12. The number of fused-ring (bicyclic) bond motifs is 2. The van der Waals surface area contributed by atoms with E-state index in [2.05, 4.69) is 24.1 Å². The minimum atomic E-state index is 0.369. The Morgan fingerprint density at radius 2 is 1.87 bits per heavy atom. The summed E-state index contributed by atoms with van der Waals surface area (Å²) in [7, 11) is 2.17. The highest BCUT2D eigenvalue weighted by Gasteiger charge is 2.19. The molecule has 0 unspecified atom stereocenters. The van der Waals surface area contributed by atoms with Gasteiger partial charge in [0, 0.05) is 6.54 Å². The van der Waals surface area contributed by atoms with Crippen molar-refractivity contribution in [1.82, 2.24) is 4.90 Å². The van der Waals surface area contributed by atoms with Crippen LogP contribution in [-0.4, -0.2) is 25.3 Å². The van der Waals surface area contributed by atoms with Crippen molar-refractivity contribution < 1.29 is 9.47 Å². The average Bonchev–Trinajstić information content (AvgIpc) is 2.57. The van der Waals surface area contributed by atoms with Gasteiger partial charge in [0.05, 0.1) is 0 Å². The fourth-order valence-electron chi connectivity index (χ4n) is 2.32. The maximum absolute atomic E-state index is 5.40. The van der Waals surface area contributed by atoms with E-state index in [4.69, 9.17) is 9.47 Å². The summed E-state index contributed by atoms with van der Waals surface area (Å²) >= 11 is 0. The lowest BCUT2D eigenvalue weighted by Gasteiger charge is -2.13. The van der Waals surface area contributed by atoms with Crippen LogP contribution in [0.1, 0.15) is 17.5 Å². The summed E-state index contributed by atoms with van der Waals surface area (Å²) in [5.74, 6) is 1.82. The van der Waals surface area contributed by atoms with Crippen LogP contribution in [0.4, 0.5) is 0 Å². The van der Waals surface area contributed by atoms with Crippen molar-refractivity contribution in [3.05, 3.63) is 23.3 Å². The molecule has 1 aromatic carbocycles. The first-order chi connectivity index (χ1) is 7.33. The van der Waals surface area contributed by atoms with Crippen LogP contribution in [0.25, 0.3) is 0 Å². The molecule has 0 radical (unpaired) electrons. The Labute approximate surface area is 89.6 Å². The molecule has 3 heteroatoms. The van der Waals surface area contributed by atoms with Gasteiger partial charge in [-0.3, -0.25) is 0 Å². The zero-order valence-corrected chi connectivity index (χ0v) is 8.95. The topological polar surface area (TPSA) is 21.7 Å². The Bertz CT molecular complexity index is 389. The SMILES string of the molecule is CN1CCCc2cc3c(cc2C1)OCO3. The van der Waals surface area contributed by atoms with Gasteiger partial charge in [0.25, 0.3) is 0 Å². The van der Waals surface area contributed by atoms with Crippen molar-refractivity contribution in [3.8, 4) is 11.5 Å². The van der Waals surface area contributed by atoms with Crippen LogP contribution >= 0.6 is 0 Å². The maximum atomic E-state index is 5.40. The molecule has 0 bridgehead atoms. The third-order valence-electron chi connectivity index (χ3n) is 3.12. The first-order valence-corrected chi connectivity index (χ1v) is 5.43. The third kappa shape index (κ3) is 1.57. The van der Waals surface area contributed by atoms with E-state index in [-0.39, 0.29) is 0 Å². The second-order valence-electron chi connectivity index (χ2n) is 4.32. The Morgan fingerprint density at radius 1 is 1.13 bits per heavy atom. The van der Waals surface area contributed by atoms with Crippen molar-refractivity contribution in [2.75, 3.05) is 20.4 Å². The van der Waals surface area contributed by atoms with Gasteiger partial charge in [-0.15, -0.1) is 0 Å². The largest absolute Gasteiger partial charge is 0.454 e. The van der Waals surface area contributed by atoms with Crippen LogP contribution in [0.5, 0.6) is 11.5 Å². The molecule has 2 aliphatic heterocycles. The molecular weight excluding hydrogens is 190 g/mol. The van der Waals surface area contributed by atoms with E-state index in [9.17, 15) is 0 Å². The van der Waals surface area contributed by atoms with Gasteiger partial charge in [0.15, 0.2) is 11.5 Å². The maximum Gasteiger partial charge on any atom is 0.231 e. The quantitative estimate of drug-likeness (QED) is 0.644. The zero-order chi connectivity index (χ0) is 10.3. The highest BCUT2D eigenvalue weighted by Crippen LogP contribution is 2.36. The Morgan fingerprint density at radius 3 is 2.67 bits per heavy atom. The van der Waals surface area contributed by atoms with Gasteiger partial charge >= 0.3 is 0 Å². The second kappa shape index (κ2) is 3.42. The molecule has 0 aromatic heterocycles. The van der Waals surface area contributed by atoms with Crippen LogP contribution in [0, 0.1) is 0 Å². The van der Waals surface area contributed by atoms with Gasteiger partial charge in [0.2, 0.25) is 6.79 Å². The zero-order valence-electron chi connectivity index (χ0n) is 8.95. The van der Waals surface area contributed by atoms with Crippen molar-refractivity contribution in [3.63, 3.8) is 0 Å². The molecule has 80 valence electrons. The van der Waals surface area contributed by atoms with Crippen LogP contribution in [-0.2, 0) is 13.0 Å². The number of aryl methyl sites for hydroxylation is 1. The number of ether oxygens (including phenoxy) is 2. The van der Waals surface area contributed by atoms with Crippen LogP contribution in [0.3, 0.4) is 0 Å². The predicted molar refractivity (Wildman–Crippen MR) is 57.2 cm³/mol. The second-order valence-corrected chi connectivity index (χ2v) is 4.32. The molecule has 0 saturated carbocycles. The van der Waals surface area contributed by atoms with E-state index in [1.807, 2.05) is 0 Å². The highest BCUT2D eigenvalue weighted by atomic mass is 16.7. The molecule has 0 aliphatic carbocycles. The number of hydrogen-bond acceptors (Lipinski definition) is 3. The Hall–Kier alpha value is -1.22. The van der Waals surface area contributed by atoms with Crippen molar-refractivity contribution in [2.24, 2.45) is 0 Å². The van der Waals surface area contributed by atoms with E-state index in [1.54, 1.807) is 0 Å². The molecule has 1 aromatic rings. The number of benzene rings is 1. The predicted octanol–water partition coefficient (Wildman–Crippen LogP) is 1.79. The first kappa shape index (κ1) is 9.04. The lowest BCUT2D eigenvalue weighted by atomic mass is 10.0. The highest BCUT2D eigenvalue weighted by molar-refractivity contribution is 5.49. The number of rotatable bonds is 0. The van der Waals surface area contributed by atoms with Crippen molar-refractivity contribution >= 4 is 0 Å². The fraction of sp³-hybridized carbons (Fsp3) is 0.500. The standard InChI is InChI=1S/C12H15NO2/c1-13-4-2-3-9-5-11-12(15-8-14-11)6-10(9)7-13/h5-6H,2-4,7-8H2,1H3. The molecular formula is C12H15NO2. The van der Waals surface area contributed by atoms with Gasteiger partial charge in [-0.2, -0.15) is 0 Å². The molecule has 0 saturated heterocycles. The van der Waals surface area contributed by atoms with Gasteiger partial charge in [-0.25, -0.2) is 0 Å². The molecule has 3 nitrogen and oxygen atoms in total. The van der Waals surface area contributed by atoms with Crippen molar-refractivity contribution in [2.45, 2.75) is 19.4 Å². The summed E-state index contributed by atoms with van der Waals surface area (Å²) in [5, 5.41) is 0. The fourth-order valence-corrected chi connectivity index (χ4v) is 2.32. The van der Waals surface area contributed by atoms with Gasteiger partial charge < -0.3 is 14.4 Å². The lowest BCUT2D eigenvalue weighted by molar-refractivity contribution is 0.174. The first-order valence-electron chi connectivity index (χ1n) is 5.43. The van der Waals surface area contributed by atoms with Gasteiger partial charge in [0.1, 0.15) is 0 Å². The molecule has 2 heterocycles. The van der Waals surface area contributed by atoms with Gasteiger partial charge in [-0.05, 0) is 49.7 Å². The minimum absolute atomic E-state index is 0.369. The molecule has 0 amide bonds. The van der Waals surface area contributed by atoms with Crippen LogP contribution in [0.15, 0.2) is 12.1 Å². The van der Waals surface area contributed by atoms with Crippen LogP contribution < -0.4 is 9.47 Å². The van der Waals surface area contributed by atoms with Gasteiger partial charge in [-0.1, -0.05) is 0 Å². The summed E-state index contributed by atoms with van der Waals surface area (Å²) in [5.41, 5.74) is 2.81. The molecule has 0 atom stereocenters. The molecule has 3 rings (SSSR count). The van der Waals surface area contributed by atoms with E-state index in [1.165, 1.54) is 24.1 Å². The van der Waals surface area contributed by atoms with E-state index < -0.39 is 0 Å². The lowest BCUT2D eigenvalue weighted by Crippen LogP contribution is -2.16. The molecule has 15 heavy (non-hydrogen) atoms. The summed E-state index contributed by atoms with van der Waals surface area (Å²) in [6.45, 7) is 2.56. The average molecular weight is 205 g/mol. The van der Waals surface area contributed by atoms with E-state index in [0.717, 1.165) is 24.5 Å². The Kier molecular flexibility index (Phi) is 2.06. The number of hydrogen-bond donors (Lipinski definition) is 0. The molecule has 2 aliphatic rings. The monoisotopic (exact) mass is 205 g/mol. The normalized spacial score (nSPS) is 19.8. The minimum Gasteiger partial charge on any atom is -0.454 e.